The Morgan fingerprint density at radius 3 is 2.43 bits per heavy atom. The third-order valence-corrected chi connectivity index (χ3v) is 7.66. The van der Waals surface area contributed by atoms with Gasteiger partial charge in [-0.25, -0.2) is 19.6 Å². The van der Waals surface area contributed by atoms with E-state index in [1.54, 1.807) is 59.9 Å². The number of nitrogens with zero attached hydrogens (tertiary/aromatic N) is 3. The van der Waals surface area contributed by atoms with Gasteiger partial charge in [0.05, 0.1) is 24.9 Å². The molecule has 4 rings (SSSR count). The number of anilines is 1. The van der Waals surface area contributed by atoms with E-state index >= 15 is 0 Å². The van der Waals surface area contributed by atoms with E-state index < -0.39 is 41.8 Å². The second-order valence-corrected chi connectivity index (χ2v) is 13.3. The number of fused-ring (bicyclic) bond motifs is 1. The summed E-state index contributed by atoms with van der Waals surface area (Å²) in [5.74, 6) is -0.882. The average Bonchev–Trinajstić information content (AvgIpc) is 3.57. The number of thiazole rings is 1. The molecule has 0 aliphatic carbocycles. The van der Waals surface area contributed by atoms with Gasteiger partial charge in [0.15, 0.2) is 5.13 Å². The minimum absolute atomic E-state index is 0.0173. The zero-order valence-corrected chi connectivity index (χ0v) is 27.2. The number of carbonyl (C=O) groups excluding carboxylic acids is 2. The lowest BCUT2D eigenvalue weighted by Crippen LogP contribution is -2.54. The Morgan fingerprint density at radius 1 is 1.09 bits per heavy atom. The van der Waals surface area contributed by atoms with Crippen LogP contribution in [0.5, 0.6) is 11.5 Å². The Labute approximate surface area is 261 Å². The minimum Gasteiger partial charge on any atom is -0.497 e. The molecule has 3 aromatic rings. The van der Waals surface area contributed by atoms with E-state index in [-0.39, 0.29) is 24.9 Å². The number of rotatable bonds is 10. The van der Waals surface area contributed by atoms with Crippen molar-refractivity contribution in [1.82, 2.24) is 20.2 Å². The Kier molecular flexibility index (Phi) is 9.87. The normalized spacial score (nSPS) is 17.5. The van der Waals surface area contributed by atoms with Gasteiger partial charge in [0.2, 0.25) is 5.91 Å². The van der Waals surface area contributed by atoms with Gasteiger partial charge in [-0.1, -0.05) is 13.8 Å². The number of likely N-dealkylation sites (tertiary alicyclic amines) is 1. The summed E-state index contributed by atoms with van der Waals surface area (Å²) in [7, 11) is 1.57. The van der Waals surface area contributed by atoms with Crippen molar-refractivity contribution in [2.24, 2.45) is 5.92 Å². The van der Waals surface area contributed by atoms with Crippen LogP contribution in [0.4, 0.5) is 9.93 Å². The van der Waals surface area contributed by atoms with Crippen LogP contribution in [0.25, 0.3) is 22.3 Å². The van der Waals surface area contributed by atoms with Gasteiger partial charge in [0, 0.05) is 35.4 Å². The number of methoxy groups -OCH3 is 1. The van der Waals surface area contributed by atoms with Gasteiger partial charge in [0.1, 0.15) is 41.0 Å². The van der Waals surface area contributed by atoms with Crippen molar-refractivity contribution in [1.29, 1.82) is 0 Å². The van der Waals surface area contributed by atoms with E-state index in [9.17, 15) is 19.5 Å². The smallest absolute Gasteiger partial charge is 0.408 e. The molecule has 1 aliphatic heterocycles. The lowest BCUT2D eigenvalue weighted by Gasteiger charge is -2.30. The predicted octanol–water partition coefficient (Wildman–Crippen LogP) is 5.17. The molecule has 1 aliphatic rings. The third-order valence-electron chi connectivity index (χ3n) is 6.89. The maximum absolute atomic E-state index is 13.7. The molecule has 3 atom stereocenters. The molecule has 44 heavy (non-hydrogen) atoms. The number of carboxylic acid groups (broad SMARTS) is 1. The molecule has 0 bridgehead atoms. The number of amides is 2. The van der Waals surface area contributed by atoms with Crippen LogP contribution in [0.3, 0.4) is 0 Å². The largest absolute Gasteiger partial charge is 0.497 e. The molecule has 3 N–H and O–H groups in total. The summed E-state index contributed by atoms with van der Waals surface area (Å²) in [6.07, 6.45) is -1.32. The highest BCUT2D eigenvalue weighted by Gasteiger charge is 2.44. The first-order valence-corrected chi connectivity index (χ1v) is 15.4. The Bertz CT molecular complexity index is 1520. The first-order chi connectivity index (χ1) is 20.6. The van der Waals surface area contributed by atoms with E-state index in [2.05, 4.69) is 15.6 Å². The summed E-state index contributed by atoms with van der Waals surface area (Å²) in [5, 5.41) is 19.4. The molecule has 0 radical (unpaired) electrons. The number of carbonyl (C=O) groups is 3. The zero-order chi connectivity index (χ0) is 32.3. The maximum Gasteiger partial charge on any atom is 0.408 e. The second-order valence-electron chi connectivity index (χ2n) is 12.4. The van der Waals surface area contributed by atoms with Crippen LogP contribution in [0, 0.1) is 5.92 Å². The molecular weight excluding hydrogens is 586 g/mol. The number of hydrogen-bond acceptors (Lipinski definition) is 10. The highest BCUT2D eigenvalue weighted by Crippen LogP contribution is 2.35. The molecule has 2 amide bonds. The maximum atomic E-state index is 13.7. The van der Waals surface area contributed by atoms with Crippen molar-refractivity contribution in [2.75, 3.05) is 19.0 Å². The number of alkyl carbamates (subject to hydrolysis) is 1. The lowest BCUT2D eigenvalue weighted by atomic mass is 10.0. The zero-order valence-electron chi connectivity index (χ0n) is 26.3. The molecule has 3 heterocycles. The molecular formula is C31H41N5O7S. The number of carboxylic acids is 1. The minimum atomic E-state index is -1.15. The quantitative estimate of drug-likeness (QED) is 0.275. The van der Waals surface area contributed by atoms with E-state index in [0.717, 1.165) is 5.13 Å². The highest BCUT2D eigenvalue weighted by molar-refractivity contribution is 7.14. The molecule has 0 spiro atoms. The average molecular weight is 628 g/mol. The SMILES string of the molecule is COc1ccc2c(O[C@@H]3C[C@@H](C(=O)O)N(C(=O)C(NC(=O)OC(C)(C)C)C(C)C)C3)cc(-c3csc(NC(C)C)n3)nc2c1. The molecule has 2 aromatic heterocycles. The van der Waals surface area contributed by atoms with Crippen molar-refractivity contribution >= 4 is 45.3 Å². The van der Waals surface area contributed by atoms with E-state index in [1.165, 1.54) is 16.2 Å². The number of nitrogens with one attached hydrogen (secondary N) is 2. The number of aromatic nitrogens is 2. The standard InChI is InChI=1S/C31H41N5O7S/c1-16(2)26(35-30(40)43-31(5,6)7)27(37)36-14-19(12-24(36)28(38)39)42-25-13-22(23-15-44-29(34-23)32-17(3)4)33-21-11-18(41-8)9-10-20(21)25/h9-11,13,15-17,19,24,26H,12,14H2,1-8H3,(H,32,34)(H,35,40)(H,38,39)/t19-,24+,26?/m1/s1. The summed E-state index contributed by atoms with van der Waals surface area (Å²) < 4.78 is 17.2. The predicted molar refractivity (Wildman–Crippen MR) is 168 cm³/mol. The fraction of sp³-hybridized carbons (Fsp3) is 0.516. The van der Waals surface area contributed by atoms with Crippen LogP contribution >= 0.6 is 11.3 Å². The molecule has 1 unspecified atom stereocenters. The Morgan fingerprint density at radius 2 is 1.82 bits per heavy atom. The van der Waals surface area contributed by atoms with Crippen LogP contribution in [0.2, 0.25) is 0 Å². The van der Waals surface area contributed by atoms with Gasteiger partial charge >= 0.3 is 12.1 Å². The fourth-order valence-corrected chi connectivity index (χ4v) is 5.75. The van der Waals surface area contributed by atoms with Crippen molar-refractivity contribution in [3.63, 3.8) is 0 Å². The number of pyridine rings is 1. The first-order valence-electron chi connectivity index (χ1n) is 14.6. The summed E-state index contributed by atoms with van der Waals surface area (Å²) in [6.45, 7) is 12.8. The highest BCUT2D eigenvalue weighted by atomic mass is 32.1. The van der Waals surface area contributed by atoms with Crippen LogP contribution in [-0.4, -0.2) is 81.4 Å². The van der Waals surface area contributed by atoms with Gasteiger partial charge in [-0.05, 0) is 52.7 Å². The molecule has 1 saturated heterocycles. The summed E-state index contributed by atoms with van der Waals surface area (Å²) in [5.41, 5.74) is 1.10. The van der Waals surface area contributed by atoms with Gasteiger partial charge in [-0.15, -0.1) is 11.3 Å². The second kappa shape index (κ2) is 13.2. The molecule has 0 saturated carbocycles. The van der Waals surface area contributed by atoms with Gasteiger partial charge in [-0.2, -0.15) is 0 Å². The van der Waals surface area contributed by atoms with Crippen molar-refractivity contribution in [3.8, 4) is 22.9 Å². The first kappa shape index (κ1) is 32.8. The van der Waals surface area contributed by atoms with E-state index in [4.69, 9.17) is 19.2 Å². The van der Waals surface area contributed by atoms with Crippen LogP contribution in [-0.2, 0) is 14.3 Å². The van der Waals surface area contributed by atoms with Crippen LogP contribution in [0.1, 0.15) is 54.9 Å². The molecule has 1 fully saturated rings. The number of hydrogen-bond donors (Lipinski definition) is 3. The summed E-state index contributed by atoms with van der Waals surface area (Å²) in [6, 6.07) is 5.31. The summed E-state index contributed by atoms with van der Waals surface area (Å²) >= 11 is 1.47. The number of ether oxygens (including phenoxy) is 3. The molecule has 238 valence electrons. The fourth-order valence-electron chi connectivity index (χ4n) is 4.90. The lowest BCUT2D eigenvalue weighted by molar-refractivity contribution is -0.149. The van der Waals surface area contributed by atoms with Crippen LogP contribution in [0.15, 0.2) is 29.6 Å². The summed E-state index contributed by atoms with van der Waals surface area (Å²) in [4.78, 5) is 49.3. The van der Waals surface area contributed by atoms with E-state index in [1.807, 2.05) is 25.3 Å². The monoisotopic (exact) mass is 627 g/mol. The van der Waals surface area contributed by atoms with Crippen molar-refractivity contribution in [2.45, 2.75) is 84.7 Å². The third kappa shape index (κ3) is 7.87. The Balaban J connectivity index is 1.63. The van der Waals surface area contributed by atoms with Gasteiger partial charge in [-0.3, -0.25) is 4.79 Å². The van der Waals surface area contributed by atoms with Crippen molar-refractivity contribution < 1.29 is 33.7 Å². The van der Waals surface area contributed by atoms with Crippen molar-refractivity contribution in [3.05, 3.63) is 29.6 Å². The number of benzene rings is 1. The molecule has 13 heteroatoms. The molecule has 12 nitrogen and oxygen atoms in total. The van der Waals surface area contributed by atoms with Gasteiger partial charge < -0.3 is 34.9 Å². The Hall–Kier alpha value is -4.13. The molecule has 1 aromatic carbocycles. The number of aliphatic carboxylic acids is 1. The van der Waals surface area contributed by atoms with Crippen LogP contribution < -0.4 is 20.1 Å². The topological polar surface area (TPSA) is 152 Å². The van der Waals surface area contributed by atoms with Gasteiger partial charge in [0.25, 0.3) is 0 Å². The van der Waals surface area contributed by atoms with E-state index in [0.29, 0.717) is 33.8 Å².